The normalized spacial score (nSPS) is 10.9. The van der Waals surface area contributed by atoms with Gasteiger partial charge in [-0.1, -0.05) is 29.0 Å². The van der Waals surface area contributed by atoms with Crippen LogP contribution in [0.4, 0.5) is 5.13 Å². The first kappa shape index (κ1) is 18.5. The van der Waals surface area contributed by atoms with Crippen LogP contribution in [0.5, 0.6) is 0 Å². The van der Waals surface area contributed by atoms with Crippen molar-refractivity contribution in [2.75, 3.05) is 11.9 Å². The summed E-state index contributed by atoms with van der Waals surface area (Å²) in [5.74, 6) is -0.265. The van der Waals surface area contributed by atoms with Gasteiger partial charge in [0, 0.05) is 12.2 Å². The second-order valence-corrected chi connectivity index (χ2v) is 6.98. The maximum atomic E-state index is 12.5. The Morgan fingerprint density at radius 3 is 2.85 bits per heavy atom. The van der Waals surface area contributed by atoms with E-state index in [1.54, 1.807) is 22.9 Å². The molecule has 1 amide bonds. The number of hydrogen-bond donors (Lipinski definition) is 1. The molecule has 0 atom stereocenters. The number of ether oxygens (including phenoxy) is 1. The highest BCUT2D eigenvalue weighted by atomic mass is 35.5. The molecule has 3 rings (SSSR count). The van der Waals surface area contributed by atoms with Crippen LogP contribution in [0.3, 0.4) is 0 Å². The van der Waals surface area contributed by atoms with Crippen molar-refractivity contribution < 1.29 is 9.53 Å². The summed E-state index contributed by atoms with van der Waals surface area (Å²) in [5.41, 5.74) is 2.83. The van der Waals surface area contributed by atoms with Gasteiger partial charge >= 0.3 is 0 Å². The summed E-state index contributed by atoms with van der Waals surface area (Å²) in [7, 11) is 0. The summed E-state index contributed by atoms with van der Waals surface area (Å²) in [5, 5.41) is 16.9. The fraction of sp³-hybridized carbons (Fsp3) is 0.294. The van der Waals surface area contributed by atoms with Gasteiger partial charge in [-0.15, -0.1) is 10.2 Å². The number of hydrogen-bond acceptors (Lipinski definition) is 6. The number of carbonyl (C=O) groups is 1. The molecule has 0 aliphatic heterocycles. The van der Waals surface area contributed by atoms with E-state index in [4.69, 9.17) is 16.3 Å². The number of anilines is 1. The fourth-order valence-electron chi connectivity index (χ4n) is 2.38. The lowest BCUT2D eigenvalue weighted by Crippen LogP contribution is -2.12. The van der Waals surface area contributed by atoms with Gasteiger partial charge in [-0.3, -0.25) is 10.1 Å². The fourth-order valence-corrected chi connectivity index (χ4v) is 3.17. The second-order valence-electron chi connectivity index (χ2n) is 5.54. The predicted octanol–water partition coefficient (Wildman–Crippen LogP) is 3.78. The summed E-state index contributed by atoms with van der Waals surface area (Å²) in [6, 6.07) is 7.16. The molecular weight excluding hydrogens is 374 g/mol. The highest BCUT2D eigenvalue weighted by Gasteiger charge is 2.14. The van der Waals surface area contributed by atoms with Gasteiger partial charge in [-0.05, 0) is 39.0 Å². The Kier molecular flexibility index (Phi) is 5.65. The lowest BCUT2D eigenvalue weighted by atomic mass is 10.2. The van der Waals surface area contributed by atoms with Gasteiger partial charge in [0.05, 0.1) is 22.1 Å². The number of benzene rings is 1. The summed E-state index contributed by atoms with van der Waals surface area (Å²) in [6.45, 7) is 6.63. The molecule has 26 heavy (non-hydrogen) atoms. The molecule has 0 fully saturated rings. The van der Waals surface area contributed by atoms with Crippen molar-refractivity contribution >= 4 is 34.0 Å². The Hall–Kier alpha value is -2.29. The van der Waals surface area contributed by atoms with E-state index in [0.717, 1.165) is 17.1 Å². The average molecular weight is 392 g/mol. The van der Waals surface area contributed by atoms with Gasteiger partial charge in [-0.25, -0.2) is 4.68 Å². The van der Waals surface area contributed by atoms with Crippen LogP contribution >= 0.6 is 22.9 Å². The van der Waals surface area contributed by atoms with Gasteiger partial charge in [0.15, 0.2) is 0 Å². The Balaban J connectivity index is 1.78. The average Bonchev–Trinajstić information content (AvgIpc) is 3.19. The Morgan fingerprint density at radius 2 is 2.15 bits per heavy atom. The number of aromatic nitrogens is 4. The van der Waals surface area contributed by atoms with Gasteiger partial charge in [0.1, 0.15) is 11.6 Å². The minimum atomic E-state index is -0.265. The summed E-state index contributed by atoms with van der Waals surface area (Å²) in [4.78, 5) is 12.5. The molecule has 2 heterocycles. The van der Waals surface area contributed by atoms with Crippen molar-refractivity contribution in [1.29, 1.82) is 0 Å². The number of nitrogens with one attached hydrogen (secondary N) is 1. The van der Waals surface area contributed by atoms with E-state index in [2.05, 4.69) is 20.6 Å². The van der Waals surface area contributed by atoms with Crippen molar-refractivity contribution in [2.45, 2.75) is 27.4 Å². The topological polar surface area (TPSA) is 81.9 Å². The monoisotopic (exact) mass is 391 g/mol. The molecule has 0 aliphatic carbocycles. The molecule has 0 saturated carbocycles. The maximum absolute atomic E-state index is 12.5. The number of carbonyl (C=O) groups excluding carboxylic acids is 1. The minimum Gasteiger partial charge on any atom is -0.374 e. The number of halogens is 1. The van der Waals surface area contributed by atoms with Crippen molar-refractivity contribution in [2.24, 2.45) is 0 Å². The quantitative estimate of drug-likeness (QED) is 0.691. The predicted molar refractivity (Wildman–Crippen MR) is 101 cm³/mol. The second kappa shape index (κ2) is 7.94. The van der Waals surface area contributed by atoms with E-state index >= 15 is 0 Å². The highest BCUT2D eigenvalue weighted by molar-refractivity contribution is 7.15. The first-order valence-corrected chi connectivity index (χ1v) is 9.22. The molecule has 0 saturated heterocycles. The summed E-state index contributed by atoms with van der Waals surface area (Å²) in [6.07, 6.45) is 0. The standard InChI is InChI=1S/C17H18ClN5O2S/c1-4-25-9-14-20-21-17(26-14)19-16(24)12-6-5-7-13(8-12)23-11(3)15(18)10(2)22-23/h5-8H,4,9H2,1-3H3,(H,19,21,24). The third-order valence-corrected chi connectivity index (χ3v) is 5.03. The smallest absolute Gasteiger partial charge is 0.257 e. The van der Waals surface area contributed by atoms with E-state index < -0.39 is 0 Å². The number of nitrogens with zero attached hydrogens (tertiary/aromatic N) is 4. The third-order valence-electron chi connectivity index (χ3n) is 3.67. The molecule has 1 aromatic carbocycles. The molecule has 0 spiro atoms. The molecule has 2 aromatic heterocycles. The number of rotatable bonds is 6. The van der Waals surface area contributed by atoms with Crippen molar-refractivity contribution in [3.05, 3.63) is 51.2 Å². The van der Waals surface area contributed by atoms with E-state index in [1.807, 2.05) is 26.8 Å². The van der Waals surface area contributed by atoms with Crippen molar-refractivity contribution in [1.82, 2.24) is 20.0 Å². The van der Waals surface area contributed by atoms with Crippen LogP contribution in [-0.4, -0.2) is 32.5 Å². The van der Waals surface area contributed by atoms with Crippen LogP contribution in [0.2, 0.25) is 5.02 Å². The van der Waals surface area contributed by atoms with Gasteiger partial charge in [0.25, 0.3) is 5.91 Å². The van der Waals surface area contributed by atoms with Crippen LogP contribution in [-0.2, 0) is 11.3 Å². The van der Waals surface area contributed by atoms with Gasteiger partial charge in [0.2, 0.25) is 5.13 Å². The molecule has 1 N–H and O–H groups in total. The van der Waals surface area contributed by atoms with Gasteiger partial charge in [-0.2, -0.15) is 5.10 Å². The van der Waals surface area contributed by atoms with Gasteiger partial charge < -0.3 is 4.74 Å². The molecule has 136 valence electrons. The zero-order valence-corrected chi connectivity index (χ0v) is 16.2. The number of aryl methyl sites for hydroxylation is 1. The Bertz CT molecular complexity index is 937. The van der Waals surface area contributed by atoms with E-state index in [9.17, 15) is 4.79 Å². The third kappa shape index (κ3) is 3.92. The Morgan fingerprint density at radius 1 is 1.35 bits per heavy atom. The van der Waals surface area contributed by atoms with Crippen molar-refractivity contribution in [3.63, 3.8) is 0 Å². The minimum absolute atomic E-state index is 0.265. The van der Waals surface area contributed by atoms with Crippen LogP contribution in [0.25, 0.3) is 5.69 Å². The van der Waals surface area contributed by atoms with Crippen LogP contribution in [0, 0.1) is 13.8 Å². The molecule has 9 heteroatoms. The van der Waals surface area contributed by atoms with E-state index in [0.29, 0.717) is 33.9 Å². The number of amides is 1. The zero-order chi connectivity index (χ0) is 18.7. The molecule has 3 aromatic rings. The molecule has 0 radical (unpaired) electrons. The van der Waals surface area contributed by atoms with Crippen LogP contribution in [0.1, 0.15) is 33.7 Å². The molecular formula is C17H18ClN5O2S. The zero-order valence-electron chi connectivity index (χ0n) is 14.6. The van der Waals surface area contributed by atoms with E-state index in [1.165, 1.54) is 11.3 Å². The van der Waals surface area contributed by atoms with Crippen LogP contribution < -0.4 is 5.32 Å². The van der Waals surface area contributed by atoms with Crippen molar-refractivity contribution in [3.8, 4) is 5.69 Å². The summed E-state index contributed by atoms with van der Waals surface area (Å²) < 4.78 is 7.01. The first-order valence-electron chi connectivity index (χ1n) is 8.03. The van der Waals surface area contributed by atoms with E-state index in [-0.39, 0.29) is 5.91 Å². The molecule has 0 bridgehead atoms. The Labute approximate surface area is 160 Å². The lowest BCUT2D eigenvalue weighted by Gasteiger charge is -2.07. The SMILES string of the molecule is CCOCc1nnc(NC(=O)c2cccc(-n3nc(C)c(Cl)c3C)c2)s1. The summed E-state index contributed by atoms with van der Waals surface area (Å²) >= 11 is 7.50. The molecule has 0 aliphatic rings. The molecule has 7 nitrogen and oxygen atoms in total. The van der Waals surface area contributed by atoms with Crippen LogP contribution in [0.15, 0.2) is 24.3 Å². The highest BCUT2D eigenvalue weighted by Crippen LogP contribution is 2.23. The molecule has 0 unspecified atom stereocenters. The first-order chi connectivity index (χ1) is 12.5. The maximum Gasteiger partial charge on any atom is 0.257 e. The lowest BCUT2D eigenvalue weighted by molar-refractivity contribution is 0.102. The largest absolute Gasteiger partial charge is 0.374 e.